The van der Waals surface area contributed by atoms with Crippen LogP contribution in [0.2, 0.25) is 0 Å². The number of benzene rings is 3. The fourth-order valence-electron chi connectivity index (χ4n) is 9.85. The Labute approximate surface area is 391 Å². The van der Waals surface area contributed by atoms with Crippen molar-refractivity contribution in [3.63, 3.8) is 0 Å². The number of hydrogen-bond acceptors (Lipinski definition) is 13. The lowest BCUT2D eigenvalue weighted by Crippen LogP contribution is -2.54. The van der Waals surface area contributed by atoms with Gasteiger partial charge in [0, 0.05) is 75.6 Å². The summed E-state index contributed by atoms with van der Waals surface area (Å²) in [5, 5.41) is 8.74. The first-order chi connectivity index (χ1) is 33.0. The van der Waals surface area contributed by atoms with Crippen LogP contribution in [0, 0.1) is 5.92 Å². The van der Waals surface area contributed by atoms with Gasteiger partial charge in [-0.3, -0.25) is 43.8 Å². The Kier molecular flexibility index (Phi) is 12.3. The van der Waals surface area contributed by atoms with Crippen molar-refractivity contribution in [3.8, 4) is 5.75 Å². The quantitative estimate of drug-likeness (QED) is 0.144. The van der Waals surface area contributed by atoms with E-state index in [1.165, 1.54) is 24.5 Å². The minimum absolute atomic E-state index is 0.0266. The van der Waals surface area contributed by atoms with Gasteiger partial charge in [0.1, 0.15) is 18.1 Å². The van der Waals surface area contributed by atoms with Crippen molar-refractivity contribution in [2.75, 3.05) is 56.1 Å². The maximum absolute atomic E-state index is 13.4. The summed E-state index contributed by atoms with van der Waals surface area (Å²) in [6, 6.07) is 21.5. The van der Waals surface area contributed by atoms with E-state index >= 15 is 0 Å². The molecule has 1 saturated carbocycles. The lowest BCUT2D eigenvalue weighted by atomic mass is 9.86. The molecule has 4 aliphatic heterocycles. The van der Waals surface area contributed by atoms with Gasteiger partial charge in [-0.15, -0.1) is 0 Å². The van der Waals surface area contributed by atoms with Crippen LogP contribution in [0.15, 0.2) is 85.5 Å². The Morgan fingerprint density at radius 3 is 2.25 bits per heavy atom. The molecule has 10 rings (SSSR count). The molecule has 1 atom stereocenters. The molecular formula is C49H51N11O8. The molecule has 19 heteroatoms. The number of fused-ring (bicyclic) bond motifs is 2. The zero-order chi connectivity index (χ0) is 46.9. The summed E-state index contributed by atoms with van der Waals surface area (Å²) < 4.78 is 7.82. The average molecular weight is 922 g/mol. The van der Waals surface area contributed by atoms with Crippen LogP contribution in [0.25, 0.3) is 11.2 Å². The van der Waals surface area contributed by atoms with E-state index in [0.29, 0.717) is 76.3 Å². The van der Waals surface area contributed by atoms with E-state index in [-0.39, 0.29) is 72.0 Å². The molecule has 0 spiro atoms. The van der Waals surface area contributed by atoms with E-state index in [4.69, 9.17) is 4.74 Å². The Morgan fingerprint density at radius 2 is 1.50 bits per heavy atom. The largest absolute Gasteiger partial charge is 0.484 e. The molecule has 0 radical (unpaired) electrons. The van der Waals surface area contributed by atoms with Gasteiger partial charge in [0.05, 0.1) is 23.9 Å². The highest BCUT2D eigenvalue weighted by atomic mass is 16.5. The highest BCUT2D eigenvalue weighted by Crippen LogP contribution is 2.36. The first kappa shape index (κ1) is 44.2. The number of imidazole rings is 1. The van der Waals surface area contributed by atoms with Crippen molar-refractivity contribution >= 4 is 69.7 Å². The lowest BCUT2D eigenvalue weighted by Gasteiger charge is -2.37. The minimum Gasteiger partial charge on any atom is -0.484 e. The van der Waals surface area contributed by atoms with Crippen molar-refractivity contribution in [2.45, 2.75) is 69.5 Å². The van der Waals surface area contributed by atoms with Gasteiger partial charge in [-0.2, -0.15) is 0 Å². The zero-order valence-corrected chi connectivity index (χ0v) is 37.3. The fraction of sp³-hybridized carbons (Fsp3) is 0.388. The number of nitrogens with one attached hydrogen (secondary N) is 3. The van der Waals surface area contributed by atoms with E-state index in [0.717, 1.165) is 40.3 Å². The van der Waals surface area contributed by atoms with Gasteiger partial charge in [-0.1, -0.05) is 30.3 Å². The van der Waals surface area contributed by atoms with E-state index in [9.17, 15) is 33.6 Å². The number of carbonyl (C=O) groups is 7. The molecule has 19 nitrogen and oxygen atoms in total. The Balaban J connectivity index is 0.640. The van der Waals surface area contributed by atoms with Crippen molar-refractivity contribution in [3.05, 3.63) is 102 Å². The average Bonchev–Trinajstić information content (AvgIpc) is 3.87. The summed E-state index contributed by atoms with van der Waals surface area (Å²) in [4.78, 5) is 110. The predicted octanol–water partition coefficient (Wildman–Crippen LogP) is 3.39. The third-order valence-corrected chi connectivity index (χ3v) is 13.8. The van der Waals surface area contributed by atoms with Crippen LogP contribution in [0.5, 0.6) is 5.75 Å². The van der Waals surface area contributed by atoms with Gasteiger partial charge in [0.25, 0.3) is 17.7 Å². The Hall–Kier alpha value is -7.70. The molecule has 7 amide bonds. The van der Waals surface area contributed by atoms with Crippen molar-refractivity contribution in [1.29, 1.82) is 0 Å². The summed E-state index contributed by atoms with van der Waals surface area (Å²) in [5.41, 5.74) is 4.55. The standard InChI is InChI=1S/C49H51N11O8/c61-40-13-12-39(47(65)55-40)60-48(66)37-11-10-36(26-38(37)49(60)67)68-27-43(64)57-16-14-31(15-17-57)23-42(63)58-20-18-56(19-21-58)34-8-6-32(7-9-34)54-45-44-46(51-28-50-45)59(29-52-44)35-24-33(25-35)53-41(62)22-30-4-2-1-3-5-30/h1-11,26,28-29,31,33,35,39H,12-25,27H2,(H,53,62)(H,50,51,54)(H,55,61,65). The highest BCUT2D eigenvalue weighted by Gasteiger charge is 2.45. The molecule has 3 saturated heterocycles. The SMILES string of the molecule is O=C1CCC(N2C(=O)c3ccc(OCC(=O)N4CCC(CC(=O)N5CCN(c6ccc(Nc7ncnc8c7ncn8C7CC(NC(=O)Cc8ccccc8)C7)cc6)CC5)CC4)cc3C2=O)C(=O)N1. The highest BCUT2D eigenvalue weighted by molar-refractivity contribution is 6.23. The summed E-state index contributed by atoms with van der Waals surface area (Å²) in [5.74, 6) is -1.44. The van der Waals surface area contributed by atoms with Gasteiger partial charge in [-0.05, 0) is 86.1 Å². The van der Waals surface area contributed by atoms with Gasteiger partial charge in [0.2, 0.25) is 23.6 Å². The minimum atomic E-state index is -1.07. The molecule has 68 heavy (non-hydrogen) atoms. The summed E-state index contributed by atoms with van der Waals surface area (Å²) in [6.07, 6.45) is 7.23. The second-order valence-corrected chi connectivity index (χ2v) is 18.1. The molecule has 3 aromatic carbocycles. The molecule has 2 aromatic heterocycles. The fourth-order valence-corrected chi connectivity index (χ4v) is 9.85. The second-order valence-electron chi connectivity index (χ2n) is 18.1. The van der Waals surface area contributed by atoms with Crippen molar-refractivity contribution in [2.24, 2.45) is 5.92 Å². The number of piperazine rings is 1. The Bertz CT molecular complexity index is 2780. The van der Waals surface area contributed by atoms with Crippen molar-refractivity contribution in [1.82, 2.24) is 44.9 Å². The molecule has 5 aliphatic rings. The maximum atomic E-state index is 13.4. The van der Waals surface area contributed by atoms with Crippen LogP contribution < -0.4 is 25.6 Å². The summed E-state index contributed by atoms with van der Waals surface area (Å²) >= 11 is 0. The van der Waals surface area contributed by atoms with Gasteiger partial charge < -0.3 is 34.6 Å². The molecular weight excluding hydrogens is 871 g/mol. The number of amides is 7. The lowest BCUT2D eigenvalue weighted by molar-refractivity contribution is -0.137. The first-order valence-corrected chi connectivity index (χ1v) is 23.2. The molecule has 350 valence electrons. The number of anilines is 3. The van der Waals surface area contributed by atoms with Gasteiger partial charge >= 0.3 is 0 Å². The number of rotatable bonds is 13. The smallest absolute Gasteiger partial charge is 0.262 e. The number of nitrogens with zero attached hydrogens (tertiary/aromatic N) is 8. The van der Waals surface area contributed by atoms with Crippen LogP contribution in [0.4, 0.5) is 17.2 Å². The summed E-state index contributed by atoms with van der Waals surface area (Å²) in [6.45, 7) is 3.40. The van der Waals surface area contributed by atoms with Crippen LogP contribution in [-0.2, 0) is 30.4 Å². The molecule has 0 bridgehead atoms. The number of hydrogen-bond donors (Lipinski definition) is 3. The van der Waals surface area contributed by atoms with Crippen LogP contribution in [-0.4, -0.2) is 134 Å². The third kappa shape index (κ3) is 9.19. The number of piperidine rings is 2. The third-order valence-electron chi connectivity index (χ3n) is 13.8. The second kappa shape index (κ2) is 18.9. The zero-order valence-electron chi connectivity index (χ0n) is 37.3. The van der Waals surface area contributed by atoms with E-state index in [1.807, 2.05) is 47.4 Å². The summed E-state index contributed by atoms with van der Waals surface area (Å²) in [7, 11) is 0. The number of likely N-dealkylation sites (tertiary alicyclic amines) is 1. The molecule has 6 heterocycles. The topological polar surface area (TPSA) is 221 Å². The van der Waals surface area contributed by atoms with Crippen molar-refractivity contribution < 1.29 is 38.3 Å². The number of ether oxygens (including phenoxy) is 1. The maximum Gasteiger partial charge on any atom is 0.262 e. The molecule has 4 fully saturated rings. The van der Waals surface area contributed by atoms with Crippen LogP contribution in [0.1, 0.15) is 77.3 Å². The number of carbonyl (C=O) groups excluding carboxylic acids is 7. The number of aromatic nitrogens is 4. The van der Waals surface area contributed by atoms with Crippen LogP contribution >= 0.6 is 0 Å². The van der Waals surface area contributed by atoms with Gasteiger partial charge in [0.15, 0.2) is 23.6 Å². The molecule has 1 unspecified atom stereocenters. The van der Waals surface area contributed by atoms with Crippen LogP contribution in [0.3, 0.4) is 0 Å². The van der Waals surface area contributed by atoms with Gasteiger partial charge in [-0.25, -0.2) is 15.0 Å². The molecule has 1 aliphatic carbocycles. The first-order valence-electron chi connectivity index (χ1n) is 23.2. The van der Waals surface area contributed by atoms with E-state index in [1.54, 1.807) is 11.2 Å². The normalized spacial score (nSPS) is 20.8. The van der Waals surface area contributed by atoms with E-state index < -0.39 is 29.7 Å². The predicted molar refractivity (Wildman–Crippen MR) is 247 cm³/mol. The van der Waals surface area contributed by atoms with E-state index in [2.05, 4.69) is 52.5 Å². The Morgan fingerprint density at radius 1 is 0.765 bits per heavy atom. The molecule has 3 N–H and O–H groups in total. The number of imide groups is 2. The molecule has 5 aromatic rings. The monoisotopic (exact) mass is 921 g/mol.